The van der Waals surface area contributed by atoms with Crippen LogP contribution in [0.1, 0.15) is 29.3 Å². The van der Waals surface area contributed by atoms with Gasteiger partial charge < -0.3 is 9.80 Å². The Labute approximate surface area is 175 Å². The minimum Gasteiger partial charge on any atom is -0.339 e. The summed E-state index contributed by atoms with van der Waals surface area (Å²) in [5, 5.41) is 2.78. The molecule has 1 unspecified atom stereocenters. The molecule has 148 valence electrons. The number of likely N-dealkylation sites (tertiary alicyclic amines) is 1. The standard InChI is InChI=1S/C24H23ClN2O2/c1-24(23(29)26(2)16-17-7-11-21(25)12-8-17)13-14-27(24)22(28)20-10-9-18-5-3-4-6-19(18)15-20/h3-12,15H,13-14,16H2,1-2H3. The van der Waals surface area contributed by atoms with Crippen molar-refractivity contribution < 1.29 is 9.59 Å². The Morgan fingerprint density at radius 2 is 1.72 bits per heavy atom. The Morgan fingerprint density at radius 3 is 2.38 bits per heavy atom. The van der Waals surface area contributed by atoms with E-state index in [0.717, 1.165) is 16.3 Å². The summed E-state index contributed by atoms with van der Waals surface area (Å²) in [5.41, 5.74) is 0.799. The fraction of sp³-hybridized carbons (Fsp3) is 0.250. The van der Waals surface area contributed by atoms with Gasteiger partial charge in [-0.2, -0.15) is 0 Å². The number of nitrogens with zero attached hydrogens (tertiary/aromatic N) is 2. The van der Waals surface area contributed by atoms with Crippen LogP contribution >= 0.6 is 11.6 Å². The van der Waals surface area contributed by atoms with Crippen molar-refractivity contribution >= 4 is 34.2 Å². The number of hydrogen-bond donors (Lipinski definition) is 0. The van der Waals surface area contributed by atoms with Crippen LogP contribution < -0.4 is 0 Å². The van der Waals surface area contributed by atoms with Crippen LogP contribution in [0.15, 0.2) is 66.7 Å². The maximum absolute atomic E-state index is 13.2. The Balaban J connectivity index is 1.51. The van der Waals surface area contributed by atoms with Crippen molar-refractivity contribution in [2.24, 2.45) is 0 Å². The van der Waals surface area contributed by atoms with Gasteiger partial charge in [-0.25, -0.2) is 0 Å². The number of carbonyl (C=O) groups is 2. The number of fused-ring (bicyclic) bond motifs is 1. The van der Waals surface area contributed by atoms with Crippen LogP contribution in [0.3, 0.4) is 0 Å². The van der Waals surface area contributed by atoms with E-state index in [-0.39, 0.29) is 11.8 Å². The monoisotopic (exact) mass is 406 g/mol. The molecule has 4 rings (SSSR count). The van der Waals surface area contributed by atoms with E-state index in [1.165, 1.54) is 0 Å². The van der Waals surface area contributed by atoms with Crippen molar-refractivity contribution in [3.8, 4) is 0 Å². The van der Waals surface area contributed by atoms with Gasteiger partial charge in [0.25, 0.3) is 5.91 Å². The lowest BCUT2D eigenvalue weighted by molar-refractivity contribution is -0.148. The minimum atomic E-state index is -0.816. The summed E-state index contributed by atoms with van der Waals surface area (Å²) in [7, 11) is 1.78. The highest BCUT2D eigenvalue weighted by atomic mass is 35.5. The van der Waals surface area contributed by atoms with E-state index >= 15 is 0 Å². The predicted molar refractivity (Wildman–Crippen MR) is 116 cm³/mol. The summed E-state index contributed by atoms with van der Waals surface area (Å²) >= 11 is 5.94. The normalized spacial score (nSPS) is 18.4. The molecule has 0 saturated carbocycles. The molecule has 3 aromatic rings. The largest absolute Gasteiger partial charge is 0.339 e. The topological polar surface area (TPSA) is 40.6 Å². The van der Waals surface area contributed by atoms with Crippen LogP contribution in [-0.4, -0.2) is 40.7 Å². The van der Waals surface area contributed by atoms with E-state index in [4.69, 9.17) is 11.6 Å². The number of benzene rings is 3. The number of rotatable bonds is 4. The van der Waals surface area contributed by atoms with Crippen molar-refractivity contribution in [2.45, 2.75) is 25.4 Å². The summed E-state index contributed by atoms with van der Waals surface area (Å²) < 4.78 is 0. The molecule has 1 heterocycles. The molecule has 1 saturated heterocycles. The van der Waals surface area contributed by atoms with Crippen molar-refractivity contribution in [1.82, 2.24) is 9.80 Å². The first-order chi connectivity index (χ1) is 13.9. The molecular formula is C24H23ClN2O2. The SMILES string of the molecule is CN(Cc1ccc(Cl)cc1)C(=O)C1(C)CCN1C(=O)c1ccc2ccccc2c1. The zero-order valence-electron chi connectivity index (χ0n) is 16.6. The highest BCUT2D eigenvalue weighted by Gasteiger charge is 2.50. The first-order valence-corrected chi connectivity index (χ1v) is 10.1. The second kappa shape index (κ2) is 7.53. The zero-order chi connectivity index (χ0) is 20.6. The average Bonchev–Trinajstić information content (AvgIpc) is 2.73. The molecule has 0 bridgehead atoms. The molecule has 0 spiro atoms. The quantitative estimate of drug-likeness (QED) is 0.627. The van der Waals surface area contributed by atoms with Gasteiger partial charge in [-0.05, 0) is 53.9 Å². The van der Waals surface area contributed by atoms with Crippen LogP contribution in [0.5, 0.6) is 0 Å². The fourth-order valence-electron chi connectivity index (χ4n) is 3.93. The number of amides is 2. The van der Waals surface area contributed by atoms with Crippen molar-refractivity contribution in [3.05, 3.63) is 82.9 Å². The molecule has 4 nitrogen and oxygen atoms in total. The first-order valence-electron chi connectivity index (χ1n) is 9.69. The Bertz CT molecular complexity index is 1080. The van der Waals surface area contributed by atoms with Crippen molar-refractivity contribution in [1.29, 1.82) is 0 Å². The van der Waals surface area contributed by atoms with Crippen molar-refractivity contribution in [3.63, 3.8) is 0 Å². The van der Waals surface area contributed by atoms with Crippen LogP contribution in [0, 0.1) is 0 Å². The molecule has 5 heteroatoms. The van der Waals surface area contributed by atoms with Crippen LogP contribution in [0.4, 0.5) is 0 Å². The van der Waals surface area contributed by atoms with Crippen LogP contribution in [0.25, 0.3) is 10.8 Å². The smallest absolute Gasteiger partial charge is 0.254 e. The molecule has 1 fully saturated rings. The van der Waals surface area contributed by atoms with E-state index in [1.807, 2.05) is 73.7 Å². The molecule has 1 aliphatic heterocycles. The third-order valence-electron chi connectivity index (χ3n) is 5.80. The lowest BCUT2D eigenvalue weighted by atomic mass is 9.84. The molecule has 0 aliphatic carbocycles. The molecule has 0 radical (unpaired) electrons. The molecule has 29 heavy (non-hydrogen) atoms. The number of likely N-dealkylation sites (N-methyl/N-ethyl adjacent to an activating group) is 1. The van der Waals surface area contributed by atoms with Gasteiger partial charge in [0.2, 0.25) is 5.91 Å². The molecule has 2 amide bonds. The van der Waals surface area contributed by atoms with Gasteiger partial charge >= 0.3 is 0 Å². The van der Waals surface area contributed by atoms with Gasteiger partial charge in [0.15, 0.2) is 0 Å². The minimum absolute atomic E-state index is 0.0483. The predicted octanol–water partition coefficient (Wildman–Crippen LogP) is 4.76. The van der Waals surface area contributed by atoms with Crippen LogP contribution in [0.2, 0.25) is 5.02 Å². The third kappa shape index (κ3) is 3.60. The van der Waals surface area contributed by atoms with E-state index in [9.17, 15) is 9.59 Å². The van der Waals surface area contributed by atoms with Gasteiger partial charge in [0.05, 0.1) is 0 Å². The molecule has 3 aromatic carbocycles. The van der Waals surface area contributed by atoms with E-state index in [2.05, 4.69) is 0 Å². The van der Waals surface area contributed by atoms with E-state index in [0.29, 0.717) is 30.1 Å². The van der Waals surface area contributed by atoms with E-state index in [1.54, 1.807) is 16.8 Å². The first kappa shape index (κ1) is 19.5. The van der Waals surface area contributed by atoms with Crippen molar-refractivity contribution in [2.75, 3.05) is 13.6 Å². The summed E-state index contributed by atoms with van der Waals surface area (Å²) in [6.45, 7) is 2.92. The Kier molecular flexibility index (Phi) is 5.05. The molecule has 0 aromatic heterocycles. The third-order valence-corrected chi connectivity index (χ3v) is 6.05. The Morgan fingerprint density at radius 1 is 1.03 bits per heavy atom. The lowest BCUT2D eigenvalue weighted by Gasteiger charge is -2.50. The maximum atomic E-state index is 13.2. The highest BCUT2D eigenvalue weighted by Crippen LogP contribution is 2.34. The van der Waals surface area contributed by atoms with Crippen LogP contribution in [-0.2, 0) is 11.3 Å². The number of carbonyl (C=O) groups excluding carboxylic acids is 2. The van der Waals surface area contributed by atoms with E-state index < -0.39 is 5.54 Å². The second-order valence-corrected chi connectivity index (χ2v) is 8.27. The molecule has 0 N–H and O–H groups in total. The zero-order valence-corrected chi connectivity index (χ0v) is 17.3. The fourth-order valence-corrected chi connectivity index (χ4v) is 4.06. The van der Waals surface area contributed by atoms with Gasteiger partial charge in [0, 0.05) is 30.7 Å². The number of halogens is 1. The summed E-state index contributed by atoms with van der Waals surface area (Å²) in [6.07, 6.45) is 0.663. The van der Waals surface area contributed by atoms with Gasteiger partial charge in [-0.3, -0.25) is 9.59 Å². The van der Waals surface area contributed by atoms with Gasteiger partial charge in [0.1, 0.15) is 5.54 Å². The molecule has 1 atom stereocenters. The van der Waals surface area contributed by atoms with Gasteiger partial charge in [-0.15, -0.1) is 0 Å². The molecule has 1 aliphatic rings. The number of hydrogen-bond acceptors (Lipinski definition) is 2. The highest BCUT2D eigenvalue weighted by molar-refractivity contribution is 6.30. The average molecular weight is 407 g/mol. The molecular weight excluding hydrogens is 384 g/mol. The Hall–Kier alpha value is -2.85. The lowest BCUT2D eigenvalue weighted by Crippen LogP contribution is -2.67. The van der Waals surface area contributed by atoms with Gasteiger partial charge in [-0.1, -0.05) is 54.1 Å². The second-order valence-electron chi connectivity index (χ2n) is 7.83. The summed E-state index contributed by atoms with van der Waals surface area (Å²) in [6, 6.07) is 21.1. The summed E-state index contributed by atoms with van der Waals surface area (Å²) in [4.78, 5) is 29.7. The maximum Gasteiger partial charge on any atom is 0.254 e. The summed E-state index contributed by atoms with van der Waals surface area (Å²) in [5.74, 6) is -0.148.